The van der Waals surface area contributed by atoms with Gasteiger partial charge in [0, 0.05) is 5.56 Å². The summed E-state index contributed by atoms with van der Waals surface area (Å²) in [6.45, 7) is 0. The van der Waals surface area contributed by atoms with Gasteiger partial charge in [0.05, 0.1) is 11.3 Å². The van der Waals surface area contributed by atoms with Crippen LogP contribution >= 0.6 is 0 Å². The molecule has 3 aromatic rings. The first-order chi connectivity index (χ1) is 13.8. The average Bonchev–Trinajstić information content (AvgIpc) is 3.28. The maximum Gasteiger partial charge on any atom is 0.417 e. The Balaban J connectivity index is 1.66. The van der Waals surface area contributed by atoms with Gasteiger partial charge in [-0.05, 0) is 36.4 Å². The highest BCUT2D eigenvalue weighted by atomic mass is 19.4. The van der Waals surface area contributed by atoms with E-state index in [2.05, 4.69) is 5.43 Å². The number of carbonyl (C=O) groups excluding carboxylic acids is 2. The van der Waals surface area contributed by atoms with E-state index in [9.17, 15) is 22.8 Å². The van der Waals surface area contributed by atoms with Crippen molar-refractivity contribution in [3.05, 3.63) is 83.6 Å². The third kappa shape index (κ3) is 3.52. The molecule has 0 radical (unpaired) electrons. The number of benzene rings is 2. The molecule has 2 aromatic carbocycles. The maximum absolute atomic E-state index is 13.2. The number of anilines is 1. The summed E-state index contributed by atoms with van der Waals surface area (Å²) in [5.41, 5.74) is 1.78. The van der Waals surface area contributed by atoms with Gasteiger partial charge in [0.25, 0.3) is 11.8 Å². The molecule has 5 nitrogen and oxygen atoms in total. The van der Waals surface area contributed by atoms with Gasteiger partial charge in [-0.1, -0.05) is 36.4 Å². The molecule has 1 N–H and O–H groups in total. The van der Waals surface area contributed by atoms with E-state index in [0.29, 0.717) is 5.69 Å². The van der Waals surface area contributed by atoms with Crippen molar-refractivity contribution in [2.24, 2.45) is 0 Å². The van der Waals surface area contributed by atoms with Crippen molar-refractivity contribution in [3.8, 4) is 11.3 Å². The number of hydrazine groups is 1. The number of hydrogen-bond acceptors (Lipinski definition) is 3. The largest absolute Gasteiger partial charge is 0.457 e. The second kappa shape index (κ2) is 6.97. The fourth-order valence-corrected chi connectivity index (χ4v) is 2.98. The molecule has 0 bridgehead atoms. The minimum absolute atomic E-state index is 0.0180. The van der Waals surface area contributed by atoms with E-state index in [-0.39, 0.29) is 22.7 Å². The zero-order valence-corrected chi connectivity index (χ0v) is 14.7. The lowest BCUT2D eigenvalue weighted by Crippen LogP contribution is -2.35. The highest BCUT2D eigenvalue weighted by Gasteiger charge is 2.35. The van der Waals surface area contributed by atoms with Gasteiger partial charge < -0.3 is 4.42 Å². The minimum Gasteiger partial charge on any atom is -0.457 e. The lowest BCUT2D eigenvalue weighted by atomic mass is 10.1. The first kappa shape index (κ1) is 18.5. The van der Waals surface area contributed by atoms with Crippen LogP contribution in [-0.2, 0) is 15.8 Å². The molecule has 8 heteroatoms. The fourth-order valence-electron chi connectivity index (χ4n) is 2.98. The van der Waals surface area contributed by atoms with Gasteiger partial charge in [-0.15, -0.1) is 0 Å². The number of nitrogens with zero attached hydrogens (tertiary/aromatic N) is 1. The number of alkyl halides is 3. The molecule has 29 heavy (non-hydrogen) atoms. The van der Waals surface area contributed by atoms with Crippen molar-refractivity contribution in [2.75, 3.05) is 5.01 Å². The SMILES string of the molecule is O=C1NN(c2ccccc2)C(=O)/C1=C\c1ccc(-c2ccccc2C(F)(F)F)o1. The molecule has 4 rings (SSSR count). The number of amides is 2. The van der Waals surface area contributed by atoms with Crippen molar-refractivity contribution in [3.63, 3.8) is 0 Å². The predicted molar refractivity (Wildman–Crippen MR) is 99.2 cm³/mol. The van der Waals surface area contributed by atoms with E-state index in [4.69, 9.17) is 4.42 Å². The molecule has 0 atom stereocenters. The van der Waals surface area contributed by atoms with Crippen molar-refractivity contribution in [2.45, 2.75) is 6.18 Å². The van der Waals surface area contributed by atoms with E-state index >= 15 is 0 Å². The number of rotatable bonds is 3. The average molecular weight is 398 g/mol. The molecule has 1 fully saturated rings. The number of para-hydroxylation sites is 1. The summed E-state index contributed by atoms with van der Waals surface area (Å²) >= 11 is 0. The first-order valence-corrected chi connectivity index (χ1v) is 8.53. The predicted octanol–water partition coefficient (Wildman–Crippen LogP) is 4.43. The van der Waals surface area contributed by atoms with Gasteiger partial charge in [0.15, 0.2) is 0 Å². The van der Waals surface area contributed by atoms with Crippen molar-refractivity contribution in [1.82, 2.24) is 5.43 Å². The van der Waals surface area contributed by atoms with Gasteiger partial charge in [-0.2, -0.15) is 13.2 Å². The van der Waals surface area contributed by atoms with Gasteiger partial charge in [0.2, 0.25) is 0 Å². The van der Waals surface area contributed by atoms with Gasteiger partial charge in [-0.25, -0.2) is 5.01 Å². The Hall–Kier alpha value is -3.81. The van der Waals surface area contributed by atoms with E-state index < -0.39 is 23.6 Å². The smallest absolute Gasteiger partial charge is 0.417 e. The Labute approximate surface area is 163 Å². The molecule has 1 aliphatic rings. The third-order valence-corrected chi connectivity index (χ3v) is 4.32. The van der Waals surface area contributed by atoms with Crippen LogP contribution in [0.25, 0.3) is 17.4 Å². The highest BCUT2D eigenvalue weighted by Crippen LogP contribution is 2.37. The molecule has 1 aromatic heterocycles. The summed E-state index contributed by atoms with van der Waals surface area (Å²) in [7, 11) is 0. The van der Waals surface area contributed by atoms with Crippen LogP contribution in [0.2, 0.25) is 0 Å². The Morgan fingerprint density at radius 2 is 1.59 bits per heavy atom. The molecular formula is C21H13F3N2O3. The van der Waals surface area contributed by atoms with Gasteiger partial charge in [-0.3, -0.25) is 15.0 Å². The van der Waals surface area contributed by atoms with E-state index in [1.165, 1.54) is 36.4 Å². The molecule has 2 amide bonds. The summed E-state index contributed by atoms with van der Waals surface area (Å²) in [6, 6.07) is 16.3. The van der Waals surface area contributed by atoms with Crippen LogP contribution in [0, 0.1) is 0 Å². The number of carbonyl (C=O) groups is 2. The second-order valence-electron chi connectivity index (χ2n) is 6.22. The lowest BCUT2D eigenvalue weighted by Gasteiger charge is -2.13. The minimum atomic E-state index is -4.54. The molecule has 0 aliphatic carbocycles. The van der Waals surface area contributed by atoms with E-state index in [0.717, 1.165) is 11.1 Å². The third-order valence-electron chi connectivity index (χ3n) is 4.32. The summed E-state index contributed by atoms with van der Waals surface area (Å²) in [5, 5.41) is 1.09. The molecule has 0 saturated carbocycles. The molecule has 0 spiro atoms. The second-order valence-corrected chi connectivity index (χ2v) is 6.22. The normalized spacial score (nSPS) is 15.8. The Morgan fingerprint density at radius 3 is 2.31 bits per heavy atom. The van der Waals surface area contributed by atoms with Crippen LogP contribution in [0.1, 0.15) is 11.3 Å². The fraction of sp³-hybridized carbons (Fsp3) is 0.0476. The van der Waals surface area contributed by atoms with Crippen LogP contribution in [-0.4, -0.2) is 11.8 Å². The summed E-state index contributed by atoms with van der Waals surface area (Å²) < 4.78 is 45.1. The van der Waals surface area contributed by atoms with E-state index in [1.807, 2.05) is 0 Å². The van der Waals surface area contributed by atoms with Crippen molar-refractivity contribution < 1.29 is 27.2 Å². The molecule has 2 heterocycles. The summed E-state index contributed by atoms with van der Waals surface area (Å²) in [5.74, 6) is -1.15. The molecular weight excluding hydrogens is 385 g/mol. The van der Waals surface area contributed by atoms with Crippen LogP contribution < -0.4 is 10.4 Å². The Bertz CT molecular complexity index is 1120. The zero-order valence-electron chi connectivity index (χ0n) is 14.7. The highest BCUT2D eigenvalue weighted by molar-refractivity contribution is 6.31. The topological polar surface area (TPSA) is 62.6 Å². The Kier molecular flexibility index (Phi) is 4.46. The number of furan rings is 1. The summed E-state index contributed by atoms with van der Waals surface area (Å²) in [6.07, 6.45) is -3.33. The van der Waals surface area contributed by atoms with Crippen molar-refractivity contribution >= 4 is 23.6 Å². The first-order valence-electron chi connectivity index (χ1n) is 8.53. The van der Waals surface area contributed by atoms with Crippen LogP contribution in [0.4, 0.5) is 18.9 Å². The number of hydrogen-bond donors (Lipinski definition) is 1. The zero-order chi connectivity index (χ0) is 20.6. The van der Waals surface area contributed by atoms with Crippen LogP contribution in [0.15, 0.2) is 76.7 Å². The van der Waals surface area contributed by atoms with Gasteiger partial charge in [0.1, 0.15) is 17.1 Å². The monoisotopic (exact) mass is 398 g/mol. The maximum atomic E-state index is 13.2. The Morgan fingerprint density at radius 1 is 0.897 bits per heavy atom. The van der Waals surface area contributed by atoms with Gasteiger partial charge >= 0.3 is 6.18 Å². The number of nitrogens with one attached hydrogen (secondary N) is 1. The molecule has 146 valence electrons. The number of halogens is 3. The quantitative estimate of drug-likeness (QED) is 0.525. The molecule has 0 unspecified atom stereocenters. The van der Waals surface area contributed by atoms with Crippen molar-refractivity contribution in [1.29, 1.82) is 0 Å². The standard InChI is InChI=1S/C21H13F3N2O3/c22-21(23,24)17-9-5-4-8-15(17)18-11-10-14(29-18)12-16-19(27)25-26(20(16)28)13-6-2-1-3-7-13/h1-12H,(H,25,27)/b16-12-. The molecule has 1 aliphatic heterocycles. The molecule has 1 saturated heterocycles. The lowest BCUT2D eigenvalue weighted by molar-refractivity contribution is -0.137. The van der Waals surface area contributed by atoms with Crippen LogP contribution in [0.5, 0.6) is 0 Å². The van der Waals surface area contributed by atoms with E-state index in [1.54, 1.807) is 30.3 Å². The van der Waals surface area contributed by atoms with Crippen LogP contribution in [0.3, 0.4) is 0 Å². The summed E-state index contributed by atoms with van der Waals surface area (Å²) in [4.78, 5) is 24.8.